The number of hydrogen-bond donors (Lipinski definition) is 2. The third-order valence-corrected chi connectivity index (χ3v) is 2.22. The van der Waals surface area contributed by atoms with Gasteiger partial charge in [0.1, 0.15) is 12.6 Å². The van der Waals surface area contributed by atoms with E-state index in [1.165, 1.54) is 0 Å². The van der Waals surface area contributed by atoms with Crippen molar-refractivity contribution in [2.45, 2.75) is 12.2 Å². The molecule has 0 spiro atoms. The second kappa shape index (κ2) is 5.74. The van der Waals surface area contributed by atoms with Crippen LogP contribution in [0.5, 0.6) is 5.75 Å². The standard InChI is InChI=1S/C10H9F3N2O5/c11-10(12,13)5-1-2-8(7(3-5)15(18)19)20-4-6(14)9(16)17/h1-3,6H,4,14H2,(H,16,17). The van der Waals surface area contributed by atoms with E-state index in [4.69, 9.17) is 15.6 Å². The topological polar surface area (TPSA) is 116 Å². The zero-order valence-corrected chi connectivity index (χ0v) is 9.76. The van der Waals surface area contributed by atoms with E-state index in [0.717, 1.165) is 6.07 Å². The van der Waals surface area contributed by atoms with Crippen LogP contribution in [-0.4, -0.2) is 28.6 Å². The van der Waals surface area contributed by atoms with Crippen LogP contribution in [0.4, 0.5) is 18.9 Å². The predicted molar refractivity (Wildman–Crippen MR) is 59.2 cm³/mol. The maximum absolute atomic E-state index is 12.4. The molecular formula is C10H9F3N2O5. The quantitative estimate of drug-likeness (QED) is 0.626. The van der Waals surface area contributed by atoms with Gasteiger partial charge >= 0.3 is 17.8 Å². The van der Waals surface area contributed by atoms with Crippen molar-refractivity contribution in [3.8, 4) is 5.75 Å². The minimum absolute atomic E-state index is 0.307. The van der Waals surface area contributed by atoms with Gasteiger partial charge in [0.05, 0.1) is 10.5 Å². The first-order valence-electron chi connectivity index (χ1n) is 5.09. The van der Waals surface area contributed by atoms with Gasteiger partial charge in [0.15, 0.2) is 5.75 Å². The van der Waals surface area contributed by atoms with Crippen LogP contribution < -0.4 is 10.5 Å². The first kappa shape index (κ1) is 15.7. The monoisotopic (exact) mass is 294 g/mol. The van der Waals surface area contributed by atoms with Gasteiger partial charge in [0.25, 0.3) is 0 Å². The number of rotatable bonds is 5. The molecule has 0 aliphatic carbocycles. The van der Waals surface area contributed by atoms with Crippen LogP contribution in [0.25, 0.3) is 0 Å². The third kappa shape index (κ3) is 3.82. The molecule has 0 aliphatic rings. The predicted octanol–water partition coefficient (Wildman–Crippen LogP) is 1.40. The zero-order chi connectivity index (χ0) is 15.5. The number of ether oxygens (including phenoxy) is 1. The Morgan fingerprint density at radius 3 is 2.55 bits per heavy atom. The van der Waals surface area contributed by atoms with Gasteiger partial charge < -0.3 is 15.6 Å². The highest BCUT2D eigenvalue weighted by atomic mass is 19.4. The fourth-order valence-corrected chi connectivity index (χ4v) is 1.21. The molecule has 0 heterocycles. The summed E-state index contributed by atoms with van der Waals surface area (Å²) < 4.78 is 42.0. The van der Waals surface area contributed by atoms with E-state index in [2.05, 4.69) is 0 Å². The lowest BCUT2D eigenvalue weighted by molar-refractivity contribution is -0.386. The lowest BCUT2D eigenvalue weighted by atomic mass is 10.2. The molecule has 3 N–H and O–H groups in total. The van der Waals surface area contributed by atoms with Gasteiger partial charge in [-0.2, -0.15) is 13.2 Å². The van der Waals surface area contributed by atoms with E-state index in [9.17, 15) is 28.1 Å². The van der Waals surface area contributed by atoms with Gasteiger partial charge in [-0.05, 0) is 12.1 Å². The first-order valence-corrected chi connectivity index (χ1v) is 5.09. The van der Waals surface area contributed by atoms with Crippen molar-refractivity contribution < 1.29 is 32.7 Å². The number of carbonyl (C=O) groups is 1. The minimum atomic E-state index is -4.74. The maximum Gasteiger partial charge on any atom is 0.416 e. The summed E-state index contributed by atoms with van der Waals surface area (Å²) in [4.78, 5) is 20.1. The van der Waals surface area contributed by atoms with E-state index in [1.807, 2.05) is 0 Å². The van der Waals surface area contributed by atoms with Crippen LogP contribution in [0.1, 0.15) is 5.56 Å². The molecule has 0 aliphatic heterocycles. The van der Waals surface area contributed by atoms with Crippen molar-refractivity contribution >= 4 is 11.7 Å². The fraction of sp³-hybridized carbons (Fsp3) is 0.300. The molecule has 0 saturated carbocycles. The second-order valence-electron chi connectivity index (χ2n) is 3.69. The number of nitro groups is 1. The number of benzene rings is 1. The molecule has 0 aromatic heterocycles. The van der Waals surface area contributed by atoms with E-state index < -0.39 is 46.7 Å². The molecule has 0 fully saturated rings. The van der Waals surface area contributed by atoms with Crippen molar-refractivity contribution in [3.63, 3.8) is 0 Å². The van der Waals surface area contributed by atoms with Gasteiger partial charge in [-0.15, -0.1) is 0 Å². The first-order chi connectivity index (χ1) is 9.12. The summed E-state index contributed by atoms with van der Waals surface area (Å²) in [6.45, 7) is -0.610. The lowest BCUT2D eigenvalue weighted by Crippen LogP contribution is -2.36. The molecule has 0 bridgehead atoms. The fourth-order valence-electron chi connectivity index (χ4n) is 1.21. The average Bonchev–Trinajstić information content (AvgIpc) is 2.34. The molecule has 0 saturated heterocycles. The van der Waals surface area contributed by atoms with E-state index in [1.54, 1.807) is 0 Å². The van der Waals surface area contributed by atoms with Gasteiger partial charge in [0, 0.05) is 6.07 Å². The number of carboxylic acid groups (broad SMARTS) is 1. The lowest BCUT2D eigenvalue weighted by Gasteiger charge is -2.11. The van der Waals surface area contributed by atoms with Crippen molar-refractivity contribution in [3.05, 3.63) is 33.9 Å². The summed E-state index contributed by atoms with van der Waals surface area (Å²) in [6, 6.07) is 0.197. The number of alkyl halides is 3. The molecule has 7 nitrogen and oxygen atoms in total. The molecule has 1 rings (SSSR count). The zero-order valence-electron chi connectivity index (χ0n) is 9.76. The highest BCUT2D eigenvalue weighted by molar-refractivity contribution is 5.73. The second-order valence-corrected chi connectivity index (χ2v) is 3.69. The maximum atomic E-state index is 12.4. The molecule has 1 aromatic rings. The summed E-state index contributed by atoms with van der Waals surface area (Å²) in [5.74, 6) is -1.89. The number of hydrogen-bond acceptors (Lipinski definition) is 5. The van der Waals surface area contributed by atoms with Gasteiger partial charge in [-0.25, -0.2) is 0 Å². The van der Waals surface area contributed by atoms with Gasteiger partial charge in [0.2, 0.25) is 0 Å². The molecule has 0 amide bonds. The smallest absolute Gasteiger partial charge is 0.416 e. The van der Waals surface area contributed by atoms with Gasteiger partial charge in [-0.3, -0.25) is 14.9 Å². The summed E-state index contributed by atoms with van der Waals surface area (Å²) >= 11 is 0. The molecule has 1 atom stereocenters. The Morgan fingerprint density at radius 2 is 2.10 bits per heavy atom. The Morgan fingerprint density at radius 1 is 1.50 bits per heavy atom. The van der Waals surface area contributed by atoms with Crippen molar-refractivity contribution in [2.24, 2.45) is 5.73 Å². The highest BCUT2D eigenvalue weighted by Crippen LogP contribution is 2.35. The summed E-state index contributed by atoms with van der Waals surface area (Å²) in [6.07, 6.45) is -4.74. The Labute approximate surface area is 109 Å². The molecule has 20 heavy (non-hydrogen) atoms. The number of carboxylic acids is 1. The van der Waals surface area contributed by atoms with Crippen molar-refractivity contribution in [1.29, 1.82) is 0 Å². The summed E-state index contributed by atoms with van der Waals surface area (Å²) in [5.41, 5.74) is 2.99. The molecule has 110 valence electrons. The molecule has 1 aromatic carbocycles. The van der Waals surface area contributed by atoms with E-state index in [0.29, 0.717) is 12.1 Å². The van der Waals surface area contributed by atoms with E-state index >= 15 is 0 Å². The average molecular weight is 294 g/mol. The normalized spacial score (nSPS) is 12.8. The SMILES string of the molecule is NC(COc1ccc(C(F)(F)F)cc1[N+](=O)[O-])C(=O)O. The molecule has 10 heteroatoms. The minimum Gasteiger partial charge on any atom is -0.485 e. The summed E-state index contributed by atoms with van der Waals surface area (Å²) in [7, 11) is 0. The van der Waals surface area contributed by atoms with Crippen LogP contribution in [0.15, 0.2) is 18.2 Å². The Hall–Kier alpha value is -2.36. The number of nitrogens with two attached hydrogens (primary N) is 1. The van der Waals surface area contributed by atoms with E-state index in [-0.39, 0.29) is 0 Å². The largest absolute Gasteiger partial charge is 0.485 e. The Kier molecular flexibility index (Phi) is 4.50. The van der Waals surface area contributed by atoms with Crippen molar-refractivity contribution in [2.75, 3.05) is 6.61 Å². The van der Waals surface area contributed by atoms with Crippen LogP contribution >= 0.6 is 0 Å². The number of aliphatic carboxylic acids is 1. The van der Waals surface area contributed by atoms with Crippen LogP contribution in [0.3, 0.4) is 0 Å². The number of nitro benzene ring substituents is 1. The molecular weight excluding hydrogens is 285 g/mol. The van der Waals surface area contributed by atoms with Crippen molar-refractivity contribution in [1.82, 2.24) is 0 Å². The number of nitrogens with zero attached hydrogens (tertiary/aromatic N) is 1. The molecule has 0 radical (unpaired) electrons. The van der Waals surface area contributed by atoms with Crippen LogP contribution in [0, 0.1) is 10.1 Å². The Balaban J connectivity index is 3.02. The summed E-state index contributed by atoms with van der Waals surface area (Å²) in [5, 5.41) is 19.2. The number of halogens is 3. The van der Waals surface area contributed by atoms with Crippen LogP contribution in [-0.2, 0) is 11.0 Å². The third-order valence-electron chi connectivity index (χ3n) is 2.22. The van der Waals surface area contributed by atoms with Crippen LogP contribution in [0.2, 0.25) is 0 Å². The van der Waals surface area contributed by atoms with Gasteiger partial charge in [-0.1, -0.05) is 0 Å². The molecule has 1 unspecified atom stereocenters. The Bertz CT molecular complexity index is 532. The highest BCUT2D eigenvalue weighted by Gasteiger charge is 2.33.